The Labute approximate surface area is 186 Å². The quantitative estimate of drug-likeness (QED) is 0.541. The molecule has 32 heavy (non-hydrogen) atoms. The lowest BCUT2D eigenvalue weighted by molar-refractivity contribution is -0.133. The highest BCUT2D eigenvalue weighted by Crippen LogP contribution is 2.33. The summed E-state index contributed by atoms with van der Waals surface area (Å²) < 4.78 is 16.3. The minimum atomic E-state index is -0.129. The van der Waals surface area contributed by atoms with Gasteiger partial charge in [-0.25, -0.2) is 0 Å². The molecule has 2 heterocycles. The van der Waals surface area contributed by atoms with Gasteiger partial charge in [-0.05, 0) is 54.8 Å². The van der Waals surface area contributed by atoms with Crippen LogP contribution >= 0.6 is 0 Å². The molecule has 2 aromatic carbocycles. The zero-order chi connectivity index (χ0) is 21.9. The van der Waals surface area contributed by atoms with Crippen molar-refractivity contribution in [1.29, 1.82) is 0 Å². The van der Waals surface area contributed by atoms with Crippen LogP contribution < -0.4 is 9.47 Å². The van der Waals surface area contributed by atoms with Crippen molar-refractivity contribution >= 4 is 11.8 Å². The van der Waals surface area contributed by atoms with Crippen LogP contribution in [-0.2, 0) is 17.9 Å². The van der Waals surface area contributed by atoms with Crippen LogP contribution in [0, 0.1) is 0 Å². The van der Waals surface area contributed by atoms with Crippen molar-refractivity contribution in [2.75, 3.05) is 13.3 Å². The van der Waals surface area contributed by atoms with E-state index in [9.17, 15) is 9.59 Å². The molecule has 0 atom stereocenters. The number of carbonyl (C=O) groups is 2. The van der Waals surface area contributed by atoms with Gasteiger partial charge in [0.1, 0.15) is 12.3 Å². The van der Waals surface area contributed by atoms with Crippen molar-refractivity contribution in [2.24, 2.45) is 0 Å². The molecule has 1 aliphatic heterocycles. The first-order valence-corrected chi connectivity index (χ1v) is 10.7. The number of nitrogens with zero attached hydrogens (tertiary/aromatic N) is 2. The predicted octanol–water partition coefficient (Wildman–Crippen LogP) is 3.84. The summed E-state index contributed by atoms with van der Waals surface area (Å²) in [5, 5.41) is 0. The van der Waals surface area contributed by atoms with Crippen molar-refractivity contribution in [3.8, 4) is 11.5 Å². The van der Waals surface area contributed by atoms with Crippen LogP contribution in [0.5, 0.6) is 11.5 Å². The lowest BCUT2D eigenvalue weighted by Gasteiger charge is -2.27. The van der Waals surface area contributed by atoms with Crippen molar-refractivity contribution < 1.29 is 23.5 Å². The van der Waals surface area contributed by atoms with Crippen molar-refractivity contribution in [3.05, 3.63) is 83.8 Å². The molecular formula is C25H24N2O5. The number of benzene rings is 2. The molecule has 1 saturated carbocycles. The summed E-state index contributed by atoms with van der Waals surface area (Å²) >= 11 is 0. The maximum absolute atomic E-state index is 13.4. The van der Waals surface area contributed by atoms with Gasteiger partial charge in [-0.1, -0.05) is 24.3 Å². The SMILES string of the molecule is O=C(CN(C(=O)c1ccccc1)C1CC1)N(Cc1ccc2c(c1)OCO2)Cc1ccco1. The Bertz CT molecular complexity index is 1090. The van der Waals surface area contributed by atoms with Crippen molar-refractivity contribution in [2.45, 2.75) is 32.0 Å². The van der Waals surface area contributed by atoms with Crippen LogP contribution in [0.4, 0.5) is 0 Å². The van der Waals surface area contributed by atoms with E-state index in [4.69, 9.17) is 13.9 Å². The van der Waals surface area contributed by atoms with Crippen molar-refractivity contribution in [3.63, 3.8) is 0 Å². The van der Waals surface area contributed by atoms with Crippen LogP contribution in [0.2, 0.25) is 0 Å². The maximum Gasteiger partial charge on any atom is 0.254 e. The molecule has 5 rings (SSSR count). The molecule has 0 radical (unpaired) electrons. The third-order valence-corrected chi connectivity index (χ3v) is 5.66. The summed E-state index contributed by atoms with van der Waals surface area (Å²) in [5.41, 5.74) is 1.52. The van der Waals surface area contributed by atoms with E-state index in [1.54, 1.807) is 34.3 Å². The van der Waals surface area contributed by atoms with Gasteiger partial charge in [-0.3, -0.25) is 9.59 Å². The van der Waals surface area contributed by atoms with E-state index in [2.05, 4.69) is 0 Å². The first kappa shape index (κ1) is 20.2. The summed E-state index contributed by atoms with van der Waals surface area (Å²) in [4.78, 5) is 29.9. The van der Waals surface area contributed by atoms with Crippen LogP contribution in [0.25, 0.3) is 0 Å². The number of amides is 2. The van der Waals surface area contributed by atoms with Crippen molar-refractivity contribution in [1.82, 2.24) is 9.80 Å². The molecule has 1 aliphatic carbocycles. The van der Waals surface area contributed by atoms with E-state index in [0.717, 1.165) is 18.4 Å². The van der Waals surface area contributed by atoms with Crippen LogP contribution in [0.15, 0.2) is 71.3 Å². The number of ether oxygens (including phenoxy) is 2. The first-order valence-electron chi connectivity index (χ1n) is 10.7. The monoisotopic (exact) mass is 432 g/mol. The molecule has 2 amide bonds. The minimum Gasteiger partial charge on any atom is -0.467 e. The van der Waals surface area contributed by atoms with Gasteiger partial charge in [0, 0.05) is 18.2 Å². The maximum atomic E-state index is 13.4. The number of hydrogen-bond acceptors (Lipinski definition) is 5. The number of rotatable bonds is 8. The van der Waals surface area contributed by atoms with E-state index in [-0.39, 0.29) is 31.2 Å². The van der Waals surface area contributed by atoms with E-state index >= 15 is 0 Å². The smallest absolute Gasteiger partial charge is 0.254 e. The largest absolute Gasteiger partial charge is 0.467 e. The van der Waals surface area contributed by atoms with Crippen LogP contribution in [-0.4, -0.2) is 41.0 Å². The highest BCUT2D eigenvalue weighted by molar-refractivity contribution is 5.96. The molecular weight excluding hydrogens is 408 g/mol. The zero-order valence-electron chi connectivity index (χ0n) is 17.6. The Morgan fingerprint density at radius 3 is 2.47 bits per heavy atom. The second-order valence-electron chi connectivity index (χ2n) is 8.05. The Morgan fingerprint density at radius 1 is 0.906 bits per heavy atom. The minimum absolute atomic E-state index is 0.0314. The molecule has 0 saturated heterocycles. The first-order chi connectivity index (χ1) is 15.7. The van der Waals surface area contributed by atoms with Gasteiger partial charge in [0.05, 0.1) is 12.8 Å². The third-order valence-electron chi connectivity index (χ3n) is 5.66. The fourth-order valence-corrected chi connectivity index (χ4v) is 3.83. The zero-order valence-corrected chi connectivity index (χ0v) is 17.6. The lowest BCUT2D eigenvalue weighted by Crippen LogP contribution is -2.43. The molecule has 7 heteroatoms. The highest BCUT2D eigenvalue weighted by Gasteiger charge is 2.35. The van der Waals surface area contributed by atoms with Gasteiger partial charge >= 0.3 is 0 Å². The third kappa shape index (κ3) is 4.46. The van der Waals surface area contributed by atoms with Gasteiger partial charge < -0.3 is 23.7 Å². The molecule has 1 aromatic heterocycles. The van der Waals surface area contributed by atoms with Gasteiger partial charge in [-0.2, -0.15) is 0 Å². The fourth-order valence-electron chi connectivity index (χ4n) is 3.83. The Morgan fingerprint density at radius 2 is 1.72 bits per heavy atom. The molecule has 0 bridgehead atoms. The second-order valence-corrected chi connectivity index (χ2v) is 8.05. The summed E-state index contributed by atoms with van der Waals surface area (Å²) in [6.45, 7) is 0.919. The van der Waals surface area contributed by atoms with Gasteiger partial charge in [0.25, 0.3) is 5.91 Å². The molecule has 0 unspecified atom stereocenters. The normalized spacial score (nSPS) is 14.2. The predicted molar refractivity (Wildman–Crippen MR) is 116 cm³/mol. The molecule has 1 fully saturated rings. The Kier molecular flexibility index (Phi) is 5.54. The topological polar surface area (TPSA) is 72.2 Å². The van der Waals surface area contributed by atoms with Gasteiger partial charge in [0.15, 0.2) is 11.5 Å². The van der Waals surface area contributed by atoms with E-state index in [1.807, 2.05) is 42.5 Å². The molecule has 164 valence electrons. The number of fused-ring (bicyclic) bond motifs is 1. The Hall–Kier alpha value is -3.74. The molecule has 0 N–H and O–H groups in total. The van der Waals surface area contributed by atoms with Gasteiger partial charge in [-0.15, -0.1) is 0 Å². The van der Waals surface area contributed by atoms with Gasteiger partial charge in [0.2, 0.25) is 12.7 Å². The molecule has 2 aliphatic rings. The summed E-state index contributed by atoms with van der Waals surface area (Å²) in [5.74, 6) is 1.82. The molecule has 0 spiro atoms. The number of furan rings is 1. The molecule has 3 aromatic rings. The average Bonchev–Trinajstić information content (AvgIpc) is 3.32. The van der Waals surface area contributed by atoms with E-state index in [1.165, 1.54) is 0 Å². The van der Waals surface area contributed by atoms with Crippen LogP contribution in [0.1, 0.15) is 34.5 Å². The number of hydrogen-bond donors (Lipinski definition) is 0. The lowest BCUT2D eigenvalue weighted by atomic mass is 10.1. The summed E-state index contributed by atoms with van der Waals surface area (Å²) in [6.07, 6.45) is 3.44. The number of carbonyl (C=O) groups excluding carboxylic acids is 2. The summed E-state index contributed by atoms with van der Waals surface area (Å²) in [6, 6.07) is 18.5. The Balaban J connectivity index is 1.35. The highest BCUT2D eigenvalue weighted by atomic mass is 16.7. The van der Waals surface area contributed by atoms with Crippen LogP contribution in [0.3, 0.4) is 0 Å². The standard InChI is InChI=1S/C25H24N2O5/c28-24(16-27(20-9-10-20)25(29)19-5-2-1-3-6-19)26(15-21-7-4-12-30-21)14-18-8-11-22-23(13-18)32-17-31-22/h1-8,11-13,20H,9-10,14-17H2. The fraction of sp³-hybridized carbons (Fsp3) is 0.280. The molecule has 7 nitrogen and oxygen atoms in total. The second kappa shape index (κ2) is 8.78. The summed E-state index contributed by atoms with van der Waals surface area (Å²) in [7, 11) is 0. The van der Waals surface area contributed by atoms with E-state index in [0.29, 0.717) is 35.9 Å². The average molecular weight is 432 g/mol. The van der Waals surface area contributed by atoms with E-state index < -0.39 is 0 Å².